The largest absolute Gasteiger partial charge is 0.481 e. The molecule has 0 bridgehead atoms. The Morgan fingerprint density at radius 3 is 2.66 bits per heavy atom. The average Bonchev–Trinajstić information content (AvgIpc) is 3.41. The molecule has 0 amide bonds. The molecule has 35 heavy (non-hydrogen) atoms. The molecule has 1 atom stereocenters. The number of halogens is 2. The molecule has 0 radical (unpaired) electrons. The molecular formula is C27H19ClFN3O3. The Balaban J connectivity index is 1.43. The van der Waals surface area contributed by atoms with Crippen LogP contribution >= 0.6 is 11.6 Å². The number of carboxylic acid groups (broad SMARTS) is 1. The predicted molar refractivity (Wildman–Crippen MR) is 128 cm³/mol. The zero-order valence-corrected chi connectivity index (χ0v) is 19.2. The number of likely N-dealkylation sites (tertiary alicyclic amines) is 1. The van der Waals surface area contributed by atoms with Crippen molar-refractivity contribution in [1.82, 2.24) is 9.88 Å². The summed E-state index contributed by atoms with van der Waals surface area (Å²) in [6, 6.07) is 16.0. The lowest BCUT2D eigenvalue weighted by atomic mass is 9.94. The maximum atomic E-state index is 14.4. The summed E-state index contributed by atoms with van der Waals surface area (Å²) in [7, 11) is 0. The third-order valence-electron chi connectivity index (χ3n) is 7.05. The van der Waals surface area contributed by atoms with Crippen LogP contribution in [0.5, 0.6) is 0 Å². The lowest BCUT2D eigenvalue weighted by molar-refractivity contribution is -0.148. The summed E-state index contributed by atoms with van der Waals surface area (Å²) in [6.45, 7) is 1.00. The van der Waals surface area contributed by atoms with Crippen molar-refractivity contribution >= 4 is 28.7 Å². The molecule has 6 nitrogen and oxygen atoms in total. The van der Waals surface area contributed by atoms with Crippen LogP contribution in [0.15, 0.2) is 52.9 Å². The number of oxazole rings is 1. The van der Waals surface area contributed by atoms with Gasteiger partial charge in [-0.25, -0.2) is 9.37 Å². The number of aromatic nitrogens is 1. The SMILES string of the molecule is N#Cc1c2c(cc3nc(-c4cccc(-c5ccccc5F)c4Cl)oc13)[C@@H](N1CC(C(=O)O)C1)CC2. The van der Waals surface area contributed by atoms with Gasteiger partial charge in [0.25, 0.3) is 0 Å². The van der Waals surface area contributed by atoms with E-state index in [9.17, 15) is 19.6 Å². The molecule has 4 aromatic rings. The first-order valence-electron chi connectivity index (χ1n) is 11.3. The highest BCUT2D eigenvalue weighted by Gasteiger charge is 2.40. The summed E-state index contributed by atoms with van der Waals surface area (Å²) in [4.78, 5) is 18.0. The quantitative estimate of drug-likeness (QED) is 0.389. The first-order valence-corrected chi connectivity index (χ1v) is 11.7. The number of nitrogens with zero attached hydrogens (tertiary/aromatic N) is 3. The lowest BCUT2D eigenvalue weighted by Gasteiger charge is -2.41. The summed E-state index contributed by atoms with van der Waals surface area (Å²) in [6.07, 6.45) is 1.54. The van der Waals surface area contributed by atoms with E-state index in [1.54, 1.807) is 36.4 Å². The summed E-state index contributed by atoms with van der Waals surface area (Å²) in [5.74, 6) is -1.24. The molecule has 0 spiro atoms. The Bertz CT molecular complexity index is 1550. The van der Waals surface area contributed by atoms with Gasteiger partial charge >= 0.3 is 5.97 Å². The van der Waals surface area contributed by atoms with Crippen molar-refractivity contribution in [2.24, 2.45) is 5.92 Å². The van der Waals surface area contributed by atoms with Gasteiger partial charge in [-0.2, -0.15) is 5.26 Å². The molecule has 1 aliphatic heterocycles. The van der Waals surface area contributed by atoms with Gasteiger partial charge in [0.2, 0.25) is 5.89 Å². The second-order valence-electron chi connectivity index (χ2n) is 8.99. The predicted octanol–water partition coefficient (Wildman–Crippen LogP) is 5.83. The van der Waals surface area contributed by atoms with Gasteiger partial charge in [-0.05, 0) is 42.2 Å². The maximum absolute atomic E-state index is 14.4. The molecule has 0 saturated carbocycles. The third-order valence-corrected chi connectivity index (χ3v) is 7.46. The van der Waals surface area contributed by atoms with E-state index in [1.807, 2.05) is 6.07 Å². The third kappa shape index (κ3) is 3.41. The molecule has 1 aromatic heterocycles. The van der Waals surface area contributed by atoms with Crippen LogP contribution < -0.4 is 0 Å². The van der Waals surface area contributed by atoms with Gasteiger partial charge in [0, 0.05) is 30.3 Å². The number of fused-ring (bicyclic) bond motifs is 2. The Morgan fingerprint density at radius 1 is 1.17 bits per heavy atom. The molecule has 6 rings (SSSR count). The number of nitriles is 1. The van der Waals surface area contributed by atoms with E-state index < -0.39 is 5.97 Å². The normalized spacial score (nSPS) is 17.8. The zero-order valence-electron chi connectivity index (χ0n) is 18.5. The van der Waals surface area contributed by atoms with E-state index in [2.05, 4.69) is 16.0 Å². The van der Waals surface area contributed by atoms with Gasteiger partial charge in [0.05, 0.1) is 16.5 Å². The van der Waals surface area contributed by atoms with E-state index in [4.69, 9.17) is 16.0 Å². The van der Waals surface area contributed by atoms with E-state index in [1.165, 1.54) is 6.07 Å². The minimum Gasteiger partial charge on any atom is -0.481 e. The Hall–Kier alpha value is -3.73. The minimum absolute atomic E-state index is 0.0604. The molecule has 3 aromatic carbocycles. The van der Waals surface area contributed by atoms with Crippen LogP contribution in [0.1, 0.15) is 29.2 Å². The first kappa shape index (κ1) is 21.8. The number of carboxylic acids is 1. The zero-order chi connectivity index (χ0) is 24.3. The van der Waals surface area contributed by atoms with Crippen molar-refractivity contribution in [3.63, 3.8) is 0 Å². The monoisotopic (exact) mass is 487 g/mol. The van der Waals surface area contributed by atoms with Crippen molar-refractivity contribution in [1.29, 1.82) is 5.26 Å². The number of hydrogen-bond donors (Lipinski definition) is 1. The number of hydrogen-bond acceptors (Lipinski definition) is 5. The van der Waals surface area contributed by atoms with Crippen molar-refractivity contribution in [3.8, 4) is 28.7 Å². The Kier molecular flexibility index (Phi) is 5.10. The Labute approximate surface area is 205 Å². The van der Waals surface area contributed by atoms with Crippen LogP contribution in [0, 0.1) is 23.1 Å². The second kappa shape index (κ2) is 8.19. The van der Waals surface area contributed by atoms with Gasteiger partial charge in [-0.15, -0.1) is 0 Å². The highest BCUT2D eigenvalue weighted by Crippen LogP contribution is 2.44. The number of aliphatic carboxylic acids is 1. The van der Waals surface area contributed by atoms with Crippen LogP contribution in [0.2, 0.25) is 5.02 Å². The number of benzene rings is 3. The highest BCUT2D eigenvalue weighted by molar-refractivity contribution is 6.36. The van der Waals surface area contributed by atoms with Crippen molar-refractivity contribution < 1.29 is 18.7 Å². The molecule has 8 heteroatoms. The standard InChI is InChI=1S/C27H19ClFN3O3/c28-24-17(16-4-1-2-7-21(16)29)5-3-6-18(24)26-31-22-10-19-15(20(11-30)25(22)35-26)8-9-23(19)32-12-14(13-32)27(33)34/h1-7,10,14,23H,8-9,12-13H2,(H,33,34)/t23-/m0/s1. The molecule has 2 heterocycles. The van der Waals surface area contributed by atoms with E-state index in [-0.39, 0.29) is 23.7 Å². The fourth-order valence-corrected chi connectivity index (χ4v) is 5.56. The molecule has 1 N–H and O–H groups in total. The highest BCUT2D eigenvalue weighted by atomic mass is 35.5. The smallest absolute Gasteiger partial charge is 0.309 e. The van der Waals surface area contributed by atoms with E-state index in [0.29, 0.717) is 57.9 Å². The van der Waals surface area contributed by atoms with Crippen LogP contribution in [-0.2, 0) is 11.2 Å². The number of carbonyl (C=O) groups is 1. The topological polar surface area (TPSA) is 90.4 Å². The van der Waals surface area contributed by atoms with Gasteiger partial charge in [0.15, 0.2) is 5.58 Å². The van der Waals surface area contributed by atoms with Crippen LogP contribution in [-0.4, -0.2) is 34.0 Å². The van der Waals surface area contributed by atoms with Crippen molar-refractivity contribution in [3.05, 3.63) is 76.1 Å². The number of rotatable bonds is 4. The van der Waals surface area contributed by atoms with Gasteiger partial charge in [-0.3, -0.25) is 9.69 Å². The first-order chi connectivity index (χ1) is 17.0. The summed E-state index contributed by atoms with van der Waals surface area (Å²) in [5, 5.41) is 19.5. The average molecular weight is 488 g/mol. The molecule has 2 aliphatic rings. The van der Waals surface area contributed by atoms with E-state index >= 15 is 0 Å². The summed E-state index contributed by atoms with van der Waals surface area (Å²) < 4.78 is 20.5. The summed E-state index contributed by atoms with van der Waals surface area (Å²) in [5.41, 5.74) is 4.75. The molecule has 0 unspecified atom stereocenters. The molecule has 174 valence electrons. The molecular weight excluding hydrogens is 469 g/mol. The van der Waals surface area contributed by atoms with Gasteiger partial charge < -0.3 is 9.52 Å². The van der Waals surface area contributed by atoms with Crippen LogP contribution in [0.4, 0.5) is 4.39 Å². The lowest BCUT2D eigenvalue weighted by Crippen LogP contribution is -2.51. The summed E-state index contributed by atoms with van der Waals surface area (Å²) >= 11 is 6.70. The van der Waals surface area contributed by atoms with Crippen LogP contribution in [0.25, 0.3) is 33.7 Å². The van der Waals surface area contributed by atoms with Crippen molar-refractivity contribution in [2.45, 2.75) is 18.9 Å². The second-order valence-corrected chi connectivity index (χ2v) is 9.37. The minimum atomic E-state index is -0.775. The van der Waals surface area contributed by atoms with E-state index in [0.717, 1.165) is 17.5 Å². The van der Waals surface area contributed by atoms with Gasteiger partial charge in [0.1, 0.15) is 23.0 Å². The Morgan fingerprint density at radius 2 is 1.91 bits per heavy atom. The maximum Gasteiger partial charge on any atom is 0.309 e. The fraction of sp³-hybridized carbons (Fsp3) is 0.222. The van der Waals surface area contributed by atoms with Crippen LogP contribution in [0.3, 0.4) is 0 Å². The molecule has 1 fully saturated rings. The molecule has 1 aliphatic carbocycles. The van der Waals surface area contributed by atoms with Gasteiger partial charge in [-0.1, -0.05) is 41.9 Å². The molecule has 1 saturated heterocycles. The van der Waals surface area contributed by atoms with Crippen molar-refractivity contribution in [2.75, 3.05) is 13.1 Å². The fourth-order valence-electron chi connectivity index (χ4n) is 5.25.